The second-order valence-corrected chi connectivity index (χ2v) is 11.2. The highest BCUT2D eigenvalue weighted by molar-refractivity contribution is 7.85. The fourth-order valence-electron chi connectivity index (χ4n) is 4.45. The molecule has 10 heteroatoms. The van der Waals surface area contributed by atoms with Crippen molar-refractivity contribution in [1.29, 1.82) is 0 Å². The van der Waals surface area contributed by atoms with Crippen LogP contribution < -0.4 is 4.90 Å². The third-order valence-corrected chi connectivity index (χ3v) is 6.52. The van der Waals surface area contributed by atoms with Crippen LogP contribution in [0.25, 0.3) is 0 Å². The second-order valence-electron chi connectivity index (χ2n) is 9.55. The average Bonchev–Trinajstić information content (AvgIpc) is 3.02. The van der Waals surface area contributed by atoms with Crippen molar-refractivity contribution < 1.29 is 31.7 Å². The number of carbonyl (C=O) groups is 2. The van der Waals surface area contributed by atoms with Crippen LogP contribution in [-0.2, 0) is 29.2 Å². The summed E-state index contributed by atoms with van der Waals surface area (Å²) in [6.07, 6.45) is 1.16. The predicted octanol–water partition coefficient (Wildman–Crippen LogP) is 2.50. The minimum absolute atomic E-state index is 0.0625. The van der Waals surface area contributed by atoms with E-state index < -0.39 is 27.9 Å². The number of anilines is 1. The Balaban J connectivity index is 1.45. The first-order valence-electron chi connectivity index (χ1n) is 10.3. The van der Waals surface area contributed by atoms with Crippen molar-refractivity contribution in [3.05, 3.63) is 29.8 Å². The van der Waals surface area contributed by atoms with Crippen LogP contribution in [0.2, 0.25) is 0 Å². The van der Waals surface area contributed by atoms with Crippen LogP contribution in [-0.4, -0.2) is 69.7 Å². The minimum atomic E-state index is -3.61. The molecule has 4 rings (SSSR count). The standard InChI is InChI=1S/C21H28N2O7S/c1-20(2,3)30-18(24)22-10-15-9-21(15,13-22)14-5-7-16(8-6-14)23-17(11-28-19(23)25)12-29-31(4,26)27/h5-8,15,17H,9-13H2,1-4H3. The van der Waals surface area contributed by atoms with E-state index in [-0.39, 0.29) is 24.7 Å². The van der Waals surface area contributed by atoms with E-state index in [1.54, 1.807) is 4.90 Å². The van der Waals surface area contributed by atoms with Crippen molar-refractivity contribution in [1.82, 2.24) is 4.90 Å². The molecule has 2 saturated heterocycles. The lowest BCUT2D eigenvalue weighted by molar-refractivity contribution is 0.0270. The molecule has 2 aliphatic heterocycles. The zero-order chi connectivity index (χ0) is 22.6. The highest BCUT2D eigenvalue weighted by Gasteiger charge is 2.62. The molecule has 2 amide bonds. The zero-order valence-corrected chi connectivity index (χ0v) is 19.0. The topological polar surface area (TPSA) is 102 Å². The number of hydrogen-bond donors (Lipinski definition) is 0. The normalized spacial score (nSPS) is 27.8. The SMILES string of the molecule is CC(C)(C)OC(=O)N1CC2CC2(c2ccc(N3C(=O)OCC3COS(C)(=O)=O)cc2)C1. The number of cyclic esters (lactones) is 1. The summed E-state index contributed by atoms with van der Waals surface area (Å²) in [4.78, 5) is 27.8. The molecule has 0 N–H and O–H groups in total. The molecule has 0 bridgehead atoms. The predicted molar refractivity (Wildman–Crippen MR) is 112 cm³/mol. The van der Waals surface area contributed by atoms with E-state index in [9.17, 15) is 18.0 Å². The molecule has 2 heterocycles. The minimum Gasteiger partial charge on any atom is -0.447 e. The average molecular weight is 453 g/mol. The number of benzene rings is 1. The lowest BCUT2D eigenvalue weighted by Gasteiger charge is -2.26. The maximum atomic E-state index is 12.4. The van der Waals surface area contributed by atoms with Crippen molar-refractivity contribution in [2.24, 2.45) is 5.92 Å². The van der Waals surface area contributed by atoms with Gasteiger partial charge in [-0.2, -0.15) is 8.42 Å². The maximum Gasteiger partial charge on any atom is 0.414 e. The molecule has 0 aromatic heterocycles. The van der Waals surface area contributed by atoms with Crippen LogP contribution in [0, 0.1) is 5.92 Å². The van der Waals surface area contributed by atoms with Crippen molar-refractivity contribution >= 4 is 28.0 Å². The van der Waals surface area contributed by atoms with E-state index in [0.29, 0.717) is 24.7 Å². The van der Waals surface area contributed by atoms with Crippen LogP contribution in [0.1, 0.15) is 32.8 Å². The Labute approximate surface area is 182 Å². The molecule has 9 nitrogen and oxygen atoms in total. The van der Waals surface area contributed by atoms with Crippen molar-refractivity contribution in [3.63, 3.8) is 0 Å². The molecule has 1 aromatic carbocycles. The molecule has 1 saturated carbocycles. The summed E-state index contributed by atoms with van der Waals surface area (Å²) < 4.78 is 38.0. The summed E-state index contributed by atoms with van der Waals surface area (Å²) in [7, 11) is -3.61. The number of fused-ring (bicyclic) bond motifs is 1. The van der Waals surface area contributed by atoms with Gasteiger partial charge in [0.25, 0.3) is 10.1 Å². The van der Waals surface area contributed by atoms with E-state index in [2.05, 4.69) is 0 Å². The summed E-state index contributed by atoms with van der Waals surface area (Å²) in [5.74, 6) is 0.401. The van der Waals surface area contributed by atoms with Crippen LogP contribution in [0.4, 0.5) is 15.3 Å². The van der Waals surface area contributed by atoms with Gasteiger partial charge in [0.05, 0.1) is 18.9 Å². The van der Waals surface area contributed by atoms with Crippen LogP contribution in [0.5, 0.6) is 0 Å². The molecule has 1 aliphatic carbocycles. The Morgan fingerprint density at radius 2 is 1.94 bits per heavy atom. The van der Waals surface area contributed by atoms with Gasteiger partial charge in [-0.3, -0.25) is 9.08 Å². The van der Waals surface area contributed by atoms with Crippen molar-refractivity contribution in [3.8, 4) is 0 Å². The number of likely N-dealkylation sites (tertiary alicyclic amines) is 1. The third-order valence-electron chi connectivity index (χ3n) is 5.95. The molecule has 3 atom stereocenters. The van der Waals surface area contributed by atoms with Crippen LogP contribution in [0.3, 0.4) is 0 Å². The van der Waals surface area contributed by atoms with E-state index in [1.165, 1.54) is 4.90 Å². The fraction of sp³-hybridized carbons (Fsp3) is 0.619. The number of ether oxygens (including phenoxy) is 2. The Bertz CT molecular complexity index is 986. The quantitative estimate of drug-likeness (QED) is 0.633. The van der Waals surface area contributed by atoms with Crippen molar-refractivity contribution in [2.45, 2.75) is 44.2 Å². The summed E-state index contributed by atoms with van der Waals surface area (Å²) in [5, 5.41) is 0. The van der Waals surface area contributed by atoms with Gasteiger partial charge in [-0.05, 0) is 50.8 Å². The summed E-state index contributed by atoms with van der Waals surface area (Å²) in [6, 6.07) is 7.07. The molecule has 1 aromatic rings. The van der Waals surface area contributed by atoms with Crippen LogP contribution in [0.15, 0.2) is 24.3 Å². The summed E-state index contributed by atoms with van der Waals surface area (Å²) in [6.45, 7) is 6.76. The number of carbonyl (C=O) groups excluding carboxylic acids is 2. The van der Waals surface area contributed by atoms with Gasteiger partial charge < -0.3 is 14.4 Å². The van der Waals surface area contributed by atoms with Gasteiger partial charge >= 0.3 is 12.2 Å². The fourth-order valence-corrected chi connectivity index (χ4v) is 4.86. The van der Waals surface area contributed by atoms with Gasteiger partial charge in [-0.15, -0.1) is 0 Å². The Hall–Kier alpha value is -2.33. The van der Waals surface area contributed by atoms with E-state index in [1.807, 2.05) is 45.0 Å². The number of piperidine rings is 1. The number of hydrogen-bond acceptors (Lipinski definition) is 7. The molecule has 3 aliphatic rings. The first-order chi connectivity index (χ1) is 14.4. The highest BCUT2D eigenvalue weighted by Crippen LogP contribution is 2.59. The molecule has 170 valence electrons. The molecular weight excluding hydrogens is 424 g/mol. The van der Waals surface area contributed by atoms with E-state index in [4.69, 9.17) is 13.7 Å². The molecule has 3 fully saturated rings. The van der Waals surface area contributed by atoms with Gasteiger partial charge in [0.1, 0.15) is 12.2 Å². The Morgan fingerprint density at radius 3 is 2.55 bits per heavy atom. The molecule has 31 heavy (non-hydrogen) atoms. The Morgan fingerprint density at radius 1 is 1.26 bits per heavy atom. The maximum absolute atomic E-state index is 12.4. The second kappa shape index (κ2) is 7.37. The van der Waals surface area contributed by atoms with Gasteiger partial charge in [0.2, 0.25) is 0 Å². The lowest BCUT2D eigenvalue weighted by Crippen LogP contribution is -2.38. The van der Waals surface area contributed by atoms with E-state index in [0.717, 1.165) is 18.2 Å². The summed E-state index contributed by atoms with van der Waals surface area (Å²) >= 11 is 0. The first-order valence-corrected chi connectivity index (χ1v) is 12.1. The third kappa shape index (κ3) is 4.50. The zero-order valence-electron chi connectivity index (χ0n) is 18.2. The summed E-state index contributed by atoms with van der Waals surface area (Å²) in [5.41, 5.74) is 1.13. The van der Waals surface area contributed by atoms with Gasteiger partial charge in [0, 0.05) is 24.2 Å². The van der Waals surface area contributed by atoms with Gasteiger partial charge in [-0.1, -0.05) is 12.1 Å². The smallest absolute Gasteiger partial charge is 0.414 e. The monoisotopic (exact) mass is 452 g/mol. The Kier molecular flexibility index (Phi) is 5.20. The molecular formula is C21H28N2O7S. The molecule has 3 unspecified atom stereocenters. The van der Waals surface area contributed by atoms with Crippen LogP contribution >= 0.6 is 0 Å². The number of nitrogens with zero attached hydrogens (tertiary/aromatic N) is 2. The van der Waals surface area contributed by atoms with Gasteiger partial charge in [-0.25, -0.2) is 9.59 Å². The number of rotatable bonds is 5. The first kappa shape index (κ1) is 21.9. The van der Waals surface area contributed by atoms with Crippen molar-refractivity contribution in [2.75, 3.05) is 37.5 Å². The lowest BCUT2D eigenvalue weighted by atomic mass is 9.94. The molecule has 0 spiro atoms. The van der Waals surface area contributed by atoms with Gasteiger partial charge in [0.15, 0.2) is 0 Å². The molecule has 0 radical (unpaired) electrons. The highest BCUT2D eigenvalue weighted by atomic mass is 32.2. The number of amides is 2. The van der Waals surface area contributed by atoms with E-state index >= 15 is 0 Å². The largest absolute Gasteiger partial charge is 0.447 e.